The summed E-state index contributed by atoms with van der Waals surface area (Å²) in [6.45, 7) is 6.76. The highest BCUT2D eigenvalue weighted by molar-refractivity contribution is 4.96. The van der Waals surface area contributed by atoms with Gasteiger partial charge in [0.25, 0.3) is 0 Å². The van der Waals surface area contributed by atoms with Gasteiger partial charge in [-0.05, 0) is 18.3 Å². The second-order valence-corrected chi connectivity index (χ2v) is 4.37. The smallest absolute Gasteiger partial charge is 0.0822 e. The SMILES string of the molecule is CCC(C)CCC(C)C/C=C(/N)CO. The maximum atomic E-state index is 8.71. The first-order valence-electron chi connectivity index (χ1n) is 5.65. The summed E-state index contributed by atoms with van der Waals surface area (Å²) in [5.41, 5.74) is 6.11. The van der Waals surface area contributed by atoms with Crippen LogP contribution in [-0.4, -0.2) is 11.7 Å². The van der Waals surface area contributed by atoms with Gasteiger partial charge in [-0.2, -0.15) is 0 Å². The highest BCUT2D eigenvalue weighted by atomic mass is 16.3. The lowest BCUT2D eigenvalue weighted by Crippen LogP contribution is -2.04. The summed E-state index contributed by atoms with van der Waals surface area (Å²) in [4.78, 5) is 0. The van der Waals surface area contributed by atoms with E-state index >= 15 is 0 Å². The molecule has 2 unspecified atom stereocenters. The molecule has 0 rings (SSSR count). The summed E-state index contributed by atoms with van der Waals surface area (Å²) in [7, 11) is 0. The molecular formula is C12H25NO. The van der Waals surface area contributed by atoms with Crippen molar-refractivity contribution < 1.29 is 5.11 Å². The number of allylic oxidation sites excluding steroid dienone is 1. The van der Waals surface area contributed by atoms with Gasteiger partial charge >= 0.3 is 0 Å². The summed E-state index contributed by atoms with van der Waals surface area (Å²) in [6, 6.07) is 0. The fraction of sp³-hybridized carbons (Fsp3) is 0.833. The zero-order chi connectivity index (χ0) is 11.0. The molecule has 0 fully saturated rings. The van der Waals surface area contributed by atoms with Crippen molar-refractivity contribution in [1.29, 1.82) is 0 Å². The van der Waals surface area contributed by atoms with E-state index in [9.17, 15) is 0 Å². The second kappa shape index (κ2) is 7.86. The molecule has 0 radical (unpaired) electrons. The van der Waals surface area contributed by atoms with E-state index in [0.717, 1.165) is 12.3 Å². The Labute approximate surface area is 88.2 Å². The van der Waals surface area contributed by atoms with E-state index in [1.807, 2.05) is 6.08 Å². The Morgan fingerprint density at radius 2 is 1.86 bits per heavy atom. The molecule has 0 aromatic heterocycles. The van der Waals surface area contributed by atoms with Crippen molar-refractivity contribution in [1.82, 2.24) is 0 Å². The minimum Gasteiger partial charge on any atom is -0.400 e. The monoisotopic (exact) mass is 199 g/mol. The van der Waals surface area contributed by atoms with Crippen molar-refractivity contribution in [3.05, 3.63) is 11.8 Å². The van der Waals surface area contributed by atoms with E-state index in [2.05, 4.69) is 20.8 Å². The predicted molar refractivity (Wildman–Crippen MR) is 61.8 cm³/mol. The fourth-order valence-electron chi connectivity index (χ4n) is 1.31. The molecule has 0 aliphatic heterocycles. The molecular weight excluding hydrogens is 174 g/mol. The molecule has 0 aliphatic rings. The van der Waals surface area contributed by atoms with Crippen LogP contribution in [0.5, 0.6) is 0 Å². The molecule has 0 aromatic carbocycles. The molecule has 2 nitrogen and oxygen atoms in total. The first-order chi connectivity index (χ1) is 6.60. The van der Waals surface area contributed by atoms with E-state index in [-0.39, 0.29) is 6.61 Å². The normalized spacial score (nSPS) is 16.7. The van der Waals surface area contributed by atoms with Crippen LogP contribution in [0.15, 0.2) is 11.8 Å². The third-order valence-electron chi connectivity index (χ3n) is 2.81. The average Bonchev–Trinajstić information content (AvgIpc) is 2.22. The Morgan fingerprint density at radius 1 is 1.29 bits per heavy atom. The maximum absolute atomic E-state index is 8.71. The van der Waals surface area contributed by atoms with Crippen LogP contribution in [0.4, 0.5) is 0 Å². The summed E-state index contributed by atoms with van der Waals surface area (Å²) in [6.07, 6.45) is 6.75. The number of hydrogen-bond donors (Lipinski definition) is 2. The molecule has 0 bridgehead atoms. The van der Waals surface area contributed by atoms with Gasteiger partial charge in [-0.25, -0.2) is 0 Å². The van der Waals surface area contributed by atoms with Gasteiger partial charge in [-0.15, -0.1) is 0 Å². The fourth-order valence-corrected chi connectivity index (χ4v) is 1.31. The first kappa shape index (κ1) is 13.5. The van der Waals surface area contributed by atoms with Gasteiger partial charge in [0, 0.05) is 5.70 Å². The Bertz CT molecular complexity index is 166. The van der Waals surface area contributed by atoms with E-state index < -0.39 is 0 Å². The predicted octanol–water partition coefficient (Wildman–Crippen LogP) is 2.67. The molecule has 0 aliphatic carbocycles. The number of nitrogens with two attached hydrogens (primary N) is 1. The van der Waals surface area contributed by atoms with E-state index in [4.69, 9.17) is 10.8 Å². The minimum atomic E-state index is -0.0158. The van der Waals surface area contributed by atoms with Gasteiger partial charge < -0.3 is 10.8 Å². The van der Waals surface area contributed by atoms with Crippen molar-refractivity contribution in [2.45, 2.75) is 46.5 Å². The summed E-state index contributed by atoms with van der Waals surface area (Å²) in [5.74, 6) is 1.51. The quantitative estimate of drug-likeness (QED) is 0.662. The summed E-state index contributed by atoms with van der Waals surface area (Å²) in [5, 5.41) is 8.71. The topological polar surface area (TPSA) is 46.2 Å². The molecule has 0 spiro atoms. The molecule has 0 saturated carbocycles. The molecule has 0 heterocycles. The van der Waals surface area contributed by atoms with Crippen molar-refractivity contribution in [2.24, 2.45) is 17.6 Å². The van der Waals surface area contributed by atoms with Crippen LogP contribution in [0, 0.1) is 11.8 Å². The van der Waals surface area contributed by atoms with Crippen LogP contribution in [-0.2, 0) is 0 Å². The number of hydrogen-bond acceptors (Lipinski definition) is 2. The Kier molecular flexibility index (Phi) is 7.58. The number of aliphatic hydroxyl groups excluding tert-OH is 1. The number of aliphatic hydroxyl groups is 1. The largest absolute Gasteiger partial charge is 0.400 e. The molecule has 0 saturated heterocycles. The van der Waals surface area contributed by atoms with Gasteiger partial charge in [-0.1, -0.05) is 46.1 Å². The molecule has 3 N–H and O–H groups in total. The third kappa shape index (κ3) is 6.96. The Morgan fingerprint density at radius 3 is 2.36 bits per heavy atom. The molecule has 0 amide bonds. The maximum Gasteiger partial charge on any atom is 0.0822 e. The van der Waals surface area contributed by atoms with Crippen LogP contribution < -0.4 is 5.73 Å². The van der Waals surface area contributed by atoms with Crippen LogP contribution in [0.2, 0.25) is 0 Å². The molecule has 2 atom stereocenters. The van der Waals surface area contributed by atoms with Gasteiger partial charge in [0.1, 0.15) is 0 Å². The van der Waals surface area contributed by atoms with E-state index in [1.54, 1.807) is 0 Å². The van der Waals surface area contributed by atoms with Crippen LogP contribution in [0.3, 0.4) is 0 Å². The van der Waals surface area contributed by atoms with Gasteiger partial charge in [0.15, 0.2) is 0 Å². The highest BCUT2D eigenvalue weighted by Crippen LogP contribution is 2.17. The zero-order valence-electron chi connectivity index (χ0n) is 9.79. The summed E-state index contributed by atoms with van der Waals surface area (Å²) < 4.78 is 0. The second-order valence-electron chi connectivity index (χ2n) is 4.37. The lowest BCUT2D eigenvalue weighted by Gasteiger charge is -2.12. The number of rotatable bonds is 7. The molecule has 14 heavy (non-hydrogen) atoms. The Hall–Kier alpha value is -0.500. The van der Waals surface area contributed by atoms with Gasteiger partial charge in [-0.3, -0.25) is 0 Å². The Balaban J connectivity index is 3.60. The van der Waals surface area contributed by atoms with E-state index in [1.165, 1.54) is 19.3 Å². The zero-order valence-corrected chi connectivity index (χ0v) is 9.79. The van der Waals surface area contributed by atoms with Gasteiger partial charge in [0.05, 0.1) is 6.61 Å². The van der Waals surface area contributed by atoms with E-state index in [0.29, 0.717) is 11.6 Å². The summed E-state index contributed by atoms with van der Waals surface area (Å²) >= 11 is 0. The van der Waals surface area contributed by atoms with Crippen molar-refractivity contribution >= 4 is 0 Å². The van der Waals surface area contributed by atoms with Crippen LogP contribution in [0.1, 0.15) is 46.5 Å². The highest BCUT2D eigenvalue weighted by Gasteiger charge is 2.04. The van der Waals surface area contributed by atoms with Crippen molar-refractivity contribution in [3.8, 4) is 0 Å². The lowest BCUT2D eigenvalue weighted by atomic mass is 9.94. The first-order valence-corrected chi connectivity index (χ1v) is 5.65. The molecule has 84 valence electrons. The molecule has 0 aromatic rings. The lowest BCUT2D eigenvalue weighted by molar-refractivity contribution is 0.328. The minimum absolute atomic E-state index is 0.0158. The molecule has 2 heteroatoms. The van der Waals surface area contributed by atoms with Crippen LogP contribution in [0.25, 0.3) is 0 Å². The standard InChI is InChI=1S/C12H25NO/c1-4-10(2)5-6-11(3)7-8-12(13)9-14/h8,10-11,14H,4-7,9,13H2,1-3H3/b12-8+. The van der Waals surface area contributed by atoms with Crippen LogP contribution >= 0.6 is 0 Å². The van der Waals surface area contributed by atoms with Crippen molar-refractivity contribution in [2.75, 3.05) is 6.61 Å². The van der Waals surface area contributed by atoms with Crippen molar-refractivity contribution in [3.63, 3.8) is 0 Å². The average molecular weight is 199 g/mol. The van der Waals surface area contributed by atoms with Gasteiger partial charge in [0.2, 0.25) is 0 Å². The third-order valence-corrected chi connectivity index (χ3v) is 2.81.